The van der Waals surface area contributed by atoms with Crippen molar-refractivity contribution in [3.63, 3.8) is 0 Å². The summed E-state index contributed by atoms with van der Waals surface area (Å²) in [5.41, 5.74) is 2.82. The summed E-state index contributed by atoms with van der Waals surface area (Å²) in [4.78, 5) is 24.4. The molecule has 8 heteroatoms. The van der Waals surface area contributed by atoms with Gasteiger partial charge < -0.3 is 20.6 Å². The molecule has 3 N–H and O–H groups in total. The van der Waals surface area contributed by atoms with Gasteiger partial charge in [0.1, 0.15) is 5.65 Å². The summed E-state index contributed by atoms with van der Waals surface area (Å²) in [5, 5.41) is 16.9. The van der Waals surface area contributed by atoms with Crippen molar-refractivity contribution in [3.8, 4) is 12.3 Å². The van der Waals surface area contributed by atoms with E-state index >= 15 is 0 Å². The summed E-state index contributed by atoms with van der Waals surface area (Å²) in [6, 6.07) is 9.52. The average Bonchev–Trinajstić information content (AvgIpc) is 2.87. The van der Waals surface area contributed by atoms with Gasteiger partial charge in [0.2, 0.25) is 5.95 Å². The first-order valence-corrected chi connectivity index (χ1v) is 12.2. The van der Waals surface area contributed by atoms with Gasteiger partial charge in [-0.15, -0.1) is 6.42 Å². The van der Waals surface area contributed by atoms with Gasteiger partial charge in [-0.2, -0.15) is 4.98 Å². The predicted octanol–water partition coefficient (Wildman–Crippen LogP) is 3.60. The van der Waals surface area contributed by atoms with Crippen LogP contribution in [0.25, 0.3) is 11.0 Å². The van der Waals surface area contributed by atoms with Gasteiger partial charge in [0.15, 0.2) is 0 Å². The zero-order valence-electron chi connectivity index (χ0n) is 20.5. The van der Waals surface area contributed by atoms with Crippen LogP contribution in [0.4, 0.5) is 17.3 Å². The number of anilines is 3. The van der Waals surface area contributed by atoms with Crippen molar-refractivity contribution in [1.82, 2.24) is 19.4 Å². The number of aromatic nitrogens is 3. The van der Waals surface area contributed by atoms with E-state index < -0.39 is 0 Å². The zero-order valence-corrected chi connectivity index (χ0v) is 20.5. The Morgan fingerprint density at radius 1 is 1.17 bits per heavy atom. The highest BCUT2D eigenvalue weighted by Crippen LogP contribution is 2.33. The molecule has 0 spiro atoms. The number of nitrogens with one attached hydrogen (secondary N) is 2. The number of rotatable bonds is 9. The van der Waals surface area contributed by atoms with Crippen molar-refractivity contribution in [2.75, 3.05) is 44.4 Å². The van der Waals surface area contributed by atoms with E-state index in [1.165, 1.54) is 6.07 Å². The average molecular weight is 475 g/mol. The molecule has 2 heterocycles. The van der Waals surface area contributed by atoms with Gasteiger partial charge in [0.05, 0.1) is 5.39 Å². The second-order valence-electron chi connectivity index (χ2n) is 9.48. The topological polar surface area (TPSA) is 95.3 Å². The van der Waals surface area contributed by atoms with Crippen molar-refractivity contribution in [3.05, 3.63) is 52.4 Å². The number of terminal acetylenes is 1. The van der Waals surface area contributed by atoms with Crippen molar-refractivity contribution >= 4 is 28.4 Å². The van der Waals surface area contributed by atoms with Crippen LogP contribution in [0.3, 0.4) is 0 Å². The molecule has 1 saturated carbocycles. The molecule has 1 aliphatic carbocycles. The Balaban J connectivity index is 1.55. The fraction of sp³-hybridized carbons (Fsp3) is 0.444. The molecule has 2 aromatic heterocycles. The van der Waals surface area contributed by atoms with Crippen LogP contribution in [0.1, 0.15) is 43.7 Å². The minimum absolute atomic E-state index is 0.0280. The number of hydrogen-bond donors (Lipinski definition) is 3. The van der Waals surface area contributed by atoms with Crippen LogP contribution < -0.4 is 16.2 Å². The molecular weight excluding hydrogens is 440 g/mol. The van der Waals surface area contributed by atoms with Gasteiger partial charge in [-0.25, -0.2) is 4.98 Å². The fourth-order valence-corrected chi connectivity index (χ4v) is 4.67. The van der Waals surface area contributed by atoms with E-state index in [9.17, 15) is 9.90 Å². The Morgan fingerprint density at radius 3 is 2.54 bits per heavy atom. The molecule has 8 nitrogen and oxygen atoms in total. The first-order chi connectivity index (χ1) is 17.0. The molecule has 0 amide bonds. The number of aliphatic hydroxyl groups excluding tert-OH is 1. The maximum atomic E-state index is 13.0. The third-order valence-electron chi connectivity index (χ3n) is 6.64. The molecule has 0 saturated heterocycles. The molecule has 0 bridgehead atoms. The summed E-state index contributed by atoms with van der Waals surface area (Å²) in [6.45, 7) is 2.15. The maximum absolute atomic E-state index is 13.0. The molecule has 0 radical (unpaired) electrons. The highest BCUT2D eigenvalue weighted by molar-refractivity contribution is 5.82. The minimum atomic E-state index is -0.146. The number of pyridine rings is 1. The summed E-state index contributed by atoms with van der Waals surface area (Å²) < 4.78 is 1.76. The Kier molecular flexibility index (Phi) is 8.01. The van der Waals surface area contributed by atoms with Crippen LogP contribution in [-0.2, 0) is 0 Å². The lowest BCUT2D eigenvalue weighted by atomic mass is 9.86. The highest BCUT2D eigenvalue weighted by atomic mass is 16.3. The predicted molar refractivity (Wildman–Crippen MR) is 141 cm³/mol. The first-order valence-electron chi connectivity index (χ1n) is 12.2. The molecule has 0 atom stereocenters. The number of hydrogen-bond acceptors (Lipinski definition) is 7. The van der Waals surface area contributed by atoms with Crippen molar-refractivity contribution in [2.24, 2.45) is 5.92 Å². The Bertz CT molecular complexity index is 1240. The number of fused-ring (bicyclic) bond motifs is 1. The van der Waals surface area contributed by atoms with Gasteiger partial charge in [-0.1, -0.05) is 5.92 Å². The number of benzene rings is 1. The Labute approximate surface area is 206 Å². The van der Waals surface area contributed by atoms with Crippen LogP contribution in [0, 0.1) is 18.3 Å². The van der Waals surface area contributed by atoms with Crippen LogP contribution in [0.15, 0.2) is 41.3 Å². The van der Waals surface area contributed by atoms with E-state index in [1.54, 1.807) is 10.8 Å². The zero-order chi connectivity index (χ0) is 24.8. The Morgan fingerprint density at radius 2 is 1.89 bits per heavy atom. The van der Waals surface area contributed by atoms with E-state index in [2.05, 4.69) is 40.5 Å². The Hall–Kier alpha value is -3.41. The summed E-state index contributed by atoms with van der Waals surface area (Å²) in [5.74, 6) is 3.32. The van der Waals surface area contributed by atoms with Crippen molar-refractivity contribution in [2.45, 2.75) is 38.1 Å². The van der Waals surface area contributed by atoms with Crippen LogP contribution in [-0.4, -0.2) is 58.3 Å². The largest absolute Gasteiger partial charge is 0.396 e. The molecule has 1 aliphatic rings. The normalized spacial score (nSPS) is 17.9. The molecule has 0 aliphatic heterocycles. The molecular formula is C27H34N6O2. The smallest absolute Gasteiger partial charge is 0.253 e. The standard InChI is InChI=1S/C27H34N6O2/c1-4-20-16-25(35)33(23-12-6-19(18-34)7-13-23)26-24(20)17-29-27(31-26)30-22-10-8-21(9-11-22)28-14-5-15-32(2)3/h1,8-11,16-17,19,23,28,34H,5-7,12-15,18H2,2-3H3,(H,29,30,31). The SMILES string of the molecule is C#Cc1cc(=O)n(C2CCC(CO)CC2)c2nc(Nc3ccc(NCCCN(C)C)cc3)ncc12. The van der Waals surface area contributed by atoms with E-state index in [0.29, 0.717) is 28.5 Å². The molecule has 35 heavy (non-hydrogen) atoms. The van der Waals surface area contributed by atoms with Gasteiger partial charge in [-0.3, -0.25) is 9.36 Å². The second kappa shape index (κ2) is 11.3. The molecule has 184 valence electrons. The molecule has 4 rings (SSSR count). The molecule has 3 aromatic rings. The van der Waals surface area contributed by atoms with E-state index in [0.717, 1.165) is 56.6 Å². The molecule has 1 fully saturated rings. The fourth-order valence-electron chi connectivity index (χ4n) is 4.67. The maximum Gasteiger partial charge on any atom is 0.253 e. The lowest BCUT2D eigenvalue weighted by Gasteiger charge is -2.29. The third kappa shape index (κ3) is 5.99. The lowest BCUT2D eigenvalue weighted by Crippen LogP contribution is -2.29. The lowest BCUT2D eigenvalue weighted by molar-refractivity contribution is 0.169. The van der Waals surface area contributed by atoms with Crippen molar-refractivity contribution < 1.29 is 5.11 Å². The van der Waals surface area contributed by atoms with Crippen LogP contribution >= 0.6 is 0 Å². The van der Waals surface area contributed by atoms with Crippen molar-refractivity contribution in [1.29, 1.82) is 0 Å². The van der Waals surface area contributed by atoms with E-state index in [1.807, 2.05) is 24.3 Å². The highest BCUT2D eigenvalue weighted by Gasteiger charge is 2.25. The summed E-state index contributed by atoms with van der Waals surface area (Å²) in [7, 11) is 4.15. The first kappa shape index (κ1) is 24.7. The van der Waals surface area contributed by atoms with Crippen LogP contribution in [0.5, 0.6) is 0 Å². The van der Waals surface area contributed by atoms with Gasteiger partial charge in [0, 0.05) is 48.4 Å². The summed E-state index contributed by atoms with van der Waals surface area (Å²) in [6.07, 6.45) is 11.9. The number of aliphatic hydroxyl groups is 1. The van der Waals surface area contributed by atoms with Gasteiger partial charge >= 0.3 is 0 Å². The van der Waals surface area contributed by atoms with E-state index in [-0.39, 0.29) is 18.2 Å². The van der Waals surface area contributed by atoms with Gasteiger partial charge in [0.25, 0.3) is 5.56 Å². The second-order valence-corrected chi connectivity index (χ2v) is 9.48. The van der Waals surface area contributed by atoms with Gasteiger partial charge in [-0.05, 0) is 82.9 Å². The molecule has 0 unspecified atom stereocenters. The monoisotopic (exact) mass is 474 g/mol. The van der Waals surface area contributed by atoms with Crippen LogP contribution in [0.2, 0.25) is 0 Å². The molecule has 1 aromatic carbocycles. The summed E-state index contributed by atoms with van der Waals surface area (Å²) >= 11 is 0. The quantitative estimate of drug-likeness (QED) is 0.322. The third-order valence-corrected chi connectivity index (χ3v) is 6.64. The minimum Gasteiger partial charge on any atom is -0.396 e. The van der Waals surface area contributed by atoms with E-state index in [4.69, 9.17) is 11.4 Å². The number of nitrogens with zero attached hydrogens (tertiary/aromatic N) is 4.